The Balaban J connectivity index is 2.96. The smallest absolute Gasteiger partial charge is 0.0292 e. The van der Waals surface area contributed by atoms with Gasteiger partial charge in [0.05, 0.1) is 0 Å². The van der Waals surface area contributed by atoms with Crippen molar-refractivity contribution in [1.29, 1.82) is 0 Å². The fourth-order valence-corrected chi connectivity index (χ4v) is 1.38. The molecule has 1 aromatic rings. The van der Waals surface area contributed by atoms with Crippen LogP contribution >= 0.6 is 15.9 Å². The first-order valence-electron chi connectivity index (χ1n) is 4.16. The van der Waals surface area contributed by atoms with E-state index < -0.39 is 0 Å². The lowest BCUT2D eigenvalue weighted by Crippen LogP contribution is -2.08. The van der Waals surface area contributed by atoms with E-state index in [9.17, 15) is 0 Å². The second-order valence-corrected chi connectivity index (χ2v) is 3.88. The Kier molecular flexibility index (Phi) is 3.29. The molecular formula is C10H14BrN. The maximum atomic E-state index is 5.90. The van der Waals surface area contributed by atoms with Crippen molar-refractivity contribution < 1.29 is 0 Å². The monoisotopic (exact) mass is 227 g/mol. The molecular weight excluding hydrogens is 214 g/mol. The largest absolute Gasteiger partial charge is 0.324 e. The highest BCUT2D eigenvalue weighted by Crippen LogP contribution is 2.21. The minimum Gasteiger partial charge on any atom is -0.324 e. The molecule has 66 valence electrons. The molecule has 1 atom stereocenters. The van der Waals surface area contributed by atoms with Crippen molar-refractivity contribution >= 4 is 15.9 Å². The standard InChI is InChI=1S/C10H14BrN/c1-3-10(12)8-4-5-9(11)7(2)6-8/h4-6,10H,3,12H2,1-2H3. The van der Waals surface area contributed by atoms with Crippen LogP contribution in [0.3, 0.4) is 0 Å². The molecule has 0 aromatic heterocycles. The van der Waals surface area contributed by atoms with Crippen LogP contribution in [-0.4, -0.2) is 0 Å². The molecule has 0 heterocycles. The number of hydrogen-bond acceptors (Lipinski definition) is 1. The van der Waals surface area contributed by atoms with Crippen molar-refractivity contribution in [3.8, 4) is 0 Å². The Morgan fingerprint density at radius 2 is 2.17 bits per heavy atom. The van der Waals surface area contributed by atoms with Gasteiger partial charge in [0.1, 0.15) is 0 Å². The molecule has 1 aromatic carbocycles. The topological polar surface area (TPSA) is 26.0 Å². The molecule has 0 aliphatic carbocycles. The van der Waals surface area contributed by atoms with Crippen molar-refractivity contribution in [1.82, 2.24) is 0 Å². The highest BCUT2D eigenvalue weighted by atomic mass is 79.9. The van der Waals surface area contributed by atoms with Gasteiger partial charge in [-0.2, -0.15) is 0 Å². The summed E-state index contributed by atoms with van der Waals surface area (Å²) in [4.78, 5) is 0. The summed E-state index contributed by atoms with van der Waals surface area (Å²) in [5.41, 5.74) is 8.37. The highest BCUT2D eigenvalue weighted by molar-refractivity contribution is 9.10. The zero-order chi connectivity index (χ0) is 9.14. The second-order valence-electron chi connectivity index (χ2n) is 3.02. The third-order valence-corrected chi connectivity index (χ3v) is 2.94. The van der Waals surface area contributed by atoms with Crippen LogP contribution in [0.25, 0.3) is 0 Å². The molecule has 12 heavy (non-hydrogen) atoms. The third-order valence-electron chi connectivity index (χ3n) is 2.05. The molecule has 1 unspecified atom stereocenters. The van der Waals surface area contributed by atoms with E-state index in [1.165, 1.54) is 11.1 Å². The molecule has 0 aliphatic rings. The second kappa shape index (κ2) is 4.06. The van der Waals surface area contributed by atoms with Crippen LogP contribution in [0.15, 0.2) is 22.7 Å². The molecule has 2 heteroatoms. The summed E-state index contributed by atoms with van der Waals surface area (Å²) in [6.45, 7) is 4.18. The van der Waals surface area contributed by atoms with E-state index in [0.717, 1.165) is 10.9 Å². The summed E-state index contributed by atoms with van der Waals surface area (Å²) in [7, 11) is 0. The minimum absolute atomic E-state index is 0.178. The summed E-state index contributed by atoms with van der Waals surface area (Å²) in [6.07, 6.45) is 0.987. The van der Waals surface area contributed by atoms with Gasteiger partial charge in [0, 0.05) is 10.5 Å². The molecule has 2 N–H and O–H groups in total. The molecule has 0 bridgehead atoms. The molecule has 0 spiro atoms. The van der Waals surface area contributed by atoms with E-state index in [4.69, 9.17) is 5.73 Å². The molecule has 1 nitrogen and oxygen atoms in total. The zero-order valence-corrected chi connectivity index (χ0v) is 9.06. The summed E-state index contributed by atoms with van der Waals surface area (Å²) >= 11 is 3.46. The van der Waals surface area contributed by atoms with Crippen LogP contribution in [0.1, 0.15) is 30.5 Å². The fourth-order valence-electron chi connectivity index (χ4n) is 1.13. The van der Waals surface area contributed by atoms with Crippen LogP contribution in [0.4, 0.5) is 0 Å². The van der Waals surface area contributed by atoms with E-state index in [-0.39, 0.29) is 6.04 Å². The normalized spacial score (nSPS) is 13.0. The minimum atomic E-state index is 0.178. The zero-order valence-electron chi connectivity index (χ0n) is 7.47. The number of benzene rings is 1. The lowest BCUT2D eigenvalue weighted by atomic mass is 10.0. The third kappa shape index (κ3) is 2.08. The molecule has 0 amide bonds. The van der Waals surface area contributed by atoms with Crippen LogP contribution in [0.2, 0.25) is 0 Å². The van der Waals surface area contributed by atoms with Crippen LogP contribution in [0.5, 0.6) is 0 Å². The number of hydrogen-bond donors (Lipinski definition) is 1. The Morgan fingerprint density at radius 1 is 1.50 bits per heavy atom. The lowest BCUT2D eigenvalue weighted by molar-refractivity contribution is 0.698. The maximum absolute atomic E-state index is 5.90. The lowest BCUT2D eigenvalue weighted by Gasteiger charge is -2.10. The van der Waals surface area contributed by atoms with Gasteiger partial charge >= 0.3 is 0 Å². The number of aryl methyl sites for hydroxylation is 1. The maximum Gasteiger partial charge on any atom is 0.0292 e. The van der Waals surface area contributed by atoms with Crippen LogP contribution < -0.4 is 5.73 Å². The summed E-state index contributed by atoms with van der Waals surface area (Å²) in [5, 5.41) is 0. The van der Waals surface area contributed by atoms with Crippen molar-refractivity contribution in [2.45, 2.75) is 26.3 Å². The Morgan fingerprint density at radius 3 is 2.67 bits per heavy atom. The van der Waals surface area contributed by atoms with Crippen molar-refractivity contribution in [2.24, 2.45) is 5.73 Å². The van der Waals surface area contributed by atoms with Gasteiger partial charge < -0.3 is 5.73 Å². The average Bonchev–Trinajstić information content (AvgIpc) is 2.08. The van der Waals surface area contributed by atoms with Gasteiger partial charge in [-0.3, -0.25) is 0 Å². The van der Waals surface area contributed by atoms with E-state index in [2.05, 4.69) is 48.0 Å². The van der Waals surface area contributed by atoms with Gasteiger partial charge in [0.25, 0.3) is 0 Å². The van der Waals surface area contributed by atoms with Gasteiger partial charge in [-0.15, -0.1) is 0 Å². The quantitative estimate of drug-likeness (QED) is 0.826. The van der Waals surface area contributed by atoms with E-state index in [0.29, 0.717) is 0 Å². The molecule has 1 rings (SSSR count). The molecule has 0 saturated carbocycles. The summed E-state index contributed by atoms with van der Waals surface area (Å²) in [6, 6.07) is 6.45. The Bertz CT molecular complexity index is 271. The van der Waals surface area contributed by atoms with E-state index in [1.54, 1.807) is 0 Å². The predicted molar refractivity (Wildman–Crippen MR) is 56.1 cm³/mol. The van der Waals surface area contributed by atoms with Gasteiger partial charge in [-0.1, -0.05) is 35.0 Å². The predicted octanol–water partition coefficient (Wildman–Crippen LogP) is 3.17. The highest BCUT2D eigenvalue weighted by Gasteiger charge is 2.03. The molecule has 0 aliphatic heterocycles. The number of rotatable bonds is 2. The number of nitrogens with two attached hydrogens (primary N) is 1. The Hall–Kier alpha value is -0.340. The first-order chi connectivity index (χ1) is 5.65. The SMILES string of the molecule is CCC(N)c1ccc(Br)c(C)c1. The fraction of sp³-hybridized carbons (Fsp3) is 0.400. The van der Waals surface area contributed by atoms with E-state index in [1.807, 2.05) is 0 Å². The van der Waals surface area contributed by atoms with Gasteiger partial charge in [0.15, 0.2) is 0 Å². The summed E-state index contributed by atoms with van der Waals surface area (Å²) in [5.74, 6) is 0. The van der Waals surface area contributed by atoms with Crippen molar-refractivity contribution in [3.05, 3.63) is 33.8 Å². The van der Waals surface area contributed by atoms with Crippen molar-refractivity contribution in [3.63, 3.8) is 0 Å². The molecule has 0 saturated heterocycles. The average molecular weight is 228 g/mol. The molecule has 0 radical (unpaired) electrons. The Labute approximate surface area is 82.1 Å². The van der Waals surface area contributed by atoms with Gasteiger partial charge in [-0.05, 0) is 30.5 Å². The first-order valence-corrected chi connectivity index (χ1v) is 4.96. The number of halogens is 1. The van der Waals surface area contributed by atoms with E-state index >= 15 is 0 Å². The van der Waals surface area contributed by atoms with Gasteiger partial charge in [-0.25, -0.2) is 0 Å². The first kappa shape index (κ1) is 9.75. The molecule has 0 fully saturated rings. The van der Waals surface area contributed by atoms with Crippen molar-refractivity contribution in [2.75, 3.05) is 0 Å². The van der Waals surface area contributed by atoms with Crippen LogP contribution in [0, 0.1) is 6.92 Å². The summed E-state index contributed by atoms with van der Waals surface area (Å²) < 4.78 is 1.15. The van der Waals surface area contributed by atoms with Crippen LogP contribution in [-0.2, 0) is 0 Å². The van der Waals surface area contributed by atoms with Gasteiger partial charge in [0.2, 0.25) is 0 Å².